The zero-order valence-electron chi connectivity index (χ0n) is 11.6. The maximum absolute atomic E-state index is 11.7. The molecule has 2 fully saturated rings. The van der Waals surface area contributed by atoms with Gasteiger partial charge in [0.05, 0.1) is 29.9 Å². The highest BCUT2D eigenvalue weighted by Crippen LogP contribution is 2.24. The largest absolute Gasteiger partial charge is 0.376 e. The lowest BCUT2D eigenvalue weighted by Crippen LogP contribution is -2.56. The van der Waals surface area contributed by atoms with E-state index in [2.05, 4.69) is 20.8 Å². The molecule has 2 aliphatic heterocycles. The van der Waals surface area contributed by atoms with Crippen LogP contribution >= 0.6 is 0 Å². The van der Waals surface area contributed by atoms with Crippen molar-refractivity contribution >= 4 is 11.7 Å². The number of nitrogens with one attached hydrogen (secondary N) is 2. The Morgan fingerprint density at radius 2 is 2.38 bits per heavy atom. The summed E-state index contributed by atoms with van der Waals surface area (Å²) >= 11 is 0. The lowest BCUT2D eigenvalue weighted by molar-refractivity contribution is -0.124. The molecule has 2 saturated heterocycles. The number of carbonyl (C=O) groups excluding carboxylic acids is 1. The number of rotatable bonds is 3. The van der Waals surface area contributed by atoms with Crippen LogP contribution in [0.4, 0.5) is 5.82 Å². The third kappa shape index (κ3) is 3.11. The highest BCUT2D eigenvalue weighted by atomic mass is 16.5. The Morgan fingerprint density at radius 1 is 1.48 bits per heavy atom. The molecule has 7 heteroatoms. The molecule has 1 unspecified atom stereocenters. The van der Waals surface area contributed by atoms with E-state index in [1.165, 1.54) is 6.20 Å². The Kier molecular flexibility index (Phi) is 3.97. The molecular formula is C14H17N5O2. The van der Waals surface area contributed by atoms with Gasteiger partial charge in [0.15, 0.2) is 0 Å². The van der Waals surface area contributed by atoms with Crippen molar-refractivity contribution in [1.29, 1.82) is 5.26 Å². The number of ether oxygens (including phenoxy) is 1. The molecule has 3 heterocycles. The van der Waals surface area contributed by atoms with E-state index in [0.717, 1.165) is 25.9 Å². The normalized spacial score (nSPS) is 28.7. The van der Waals surface area contributed by atoms with Crippen LogP contribution in [0, 0.1) is 11.3 Å². The Morgan fingerprint density at radius 3 is 3.14 bits per heavy atom. The highest BCUT2D eigenvalue weighted by molar-refractivity contribution is 5.77. The topological polar surface area (TPSA) is 99.9 Å². The number of nitriles is 1. The summed E-state index contributed by atoms with van der Waals surface area (Å²) in [6.45, 7) is 0.744. The van der Waals surface area contributed by atoms with E-state index in [1.807, 2.05) is 6.07 Å². The van der Waals surface area contributed by atoms with Crippen LogP contribution in [0.15, 0.2) is 12.3 Å². The van der Waals surface area contributed by atoms with Gasteiger partial charge in [-0.2, -0.15) is 10.4 Å². The fourth-order valence-corrected chi connectivity index (χ4v) is 2.91. The Labute approximate surface area is 122 Å². The molecule has 0 bridgehead atoms. The maximum Gasteiger partial charge on any atom is 0.220 e. The van der Waals surface area contributed by atoms with E-state index in [4.69, 9.17) is 10.00 Å². The summed E-state index contributed by atoms with van der Waals surface area (Å²) < 4.78 is 5.71. The summed E-state index contributed by atoms with van der Waals surface area (Å²) in [7, 11) is 0. The number of carbonyl (C=O) groups is 1. The second-order valence-corrected chi connectivity index (χ2v) is 5.38. The van der Waals surface area contributed by atoms with Crippen molar-refractivity contribution in [3.63, 3.8) is 0 Å². The van der Waals surface area contributed by atoms with Gasteiger partial charge >= 0.3 is 0 Å². The van der Waals surface area contributed by atoms with Gasteiger partial charge in [-0.05, 0) is 19.3 Å². The van der Waals surface area contributed by atoms with E-state index < -0.39 is 0 Å². The number of piperidine rings is 1. The van der Waals surface area contributed by atoms with Gasteiger partial charge in [0, 0.05) is 19.1 Å². The molecule has 1 amide bonds. The smallest absolute Gasteiger partial charge is 0.220 e. The summed E-state index contributed by atoms with van der Waals surface area (Å²) in [5, 5.41) is 23.0. The Bertz CT molecular complexity index is 565. The molecular weight excluding hydrogens is 270 g/mol. The van der Waals surface area contributed by atoms with Crippen LogP contribution in [0.25, 0.3) is 0 Å². The molecule has 0 spiro atoms. The average molecular weight is 287 g/mol. The van der Waals surface area contributed by atoms with Crippen LogP contribution < -0.4 is 10.6 Å². The fourth-order valence-electron chi connectivity index (χ4n) is 2.91. The van der Waals surface area contributed by atoms with Gasteiger partial charge in [0.1, 0.15) is 11.9 Å². The molecule has 2 aliphatic rings. The summed E-state index contributed by atoms with van der Waals surface area (Å²) in [6, 6.07) is 3.67. The molecule has 2 N–H and O–H groups in total. The molecule has 1 aromatic heterocycles. The van der Waals surface area contributed by atoms with E-state index in [9.17, 15) is 4.79 Å². The summed E-state index contributed by atoms with van der Waals surface area (Å²) in [4.78, 5) is 11.7. The monoisotopic (exact) mass is 287 g/mol. The molecule has 0 aromatic carbocycles. The first-order valence-corrected chi connectivity index (χ1v) is 7.16. The van der Waals surface area contributed by atoms with Gasteiger partial charge < -0.3 is 15.4 Å². The van der Waals surface area contributed by atoms with Crippen molar-refractivity contribution in [3.8, 4) is 6.07 Å². The van der Waals surface area contributed by atoms with Gasteiger partial charge in [-0.3, -0.25) is 4.79 Å². The van der Waals surface area contributed by atoms with Crippen molar-refractivity contribution in [1.82, 2.24) is 15.5 Å². The van der Waals surface area contributed by atoms with E-state index in [-0.39, 0.29) is 24.1 Å². The first-order valence-electron chi connectivity index (χ1n) is 7.16. The maximum atomic E-state index is 11.7. The Hall–Kier alpha value is -2.20. The second kappa shape index (κ2) is 6.06. The van der Waals surface area contributed by atoms with Crippen molar-refractivity contribution in [2.24, 2.45) is 0 Å². The minimum Gasteiger partial charge on any atom is -0.376 e. The van der Waals surface area contributed by atoms with Crippen LogP contribution in [0.3, 0.4) is 0 Å². The first-order chi connectivity index (χ1) is 10.3. The predicted octanol–water partition coefficient (Wildman–Crippen LogP) is 0.586. The van der Waals surface area contributed by atoms with Gasteiger partial charge in [-0.1, -0.05) is 0 Å². The number of aromatic nitrogens is 2. The quantitative estimate of drug-likeness (QED) is 0.844. The molecule has 3 atom stereocenters. The van der Waals surface area contributed by atoms with E-state index in [0.29, 0.717) is 17.8 Å². The van der Waals surface area contributed by atoms with Crippen LogP contribution in [0.5, 0.6) is 0 Å². The number of nitrogens with zero attached hydrogens (tertiary/aromatic N) is 3. The molecule has 1 aromatic rings. The summed E-state index contributed by atoms with van der Waals surface area (Å²) in [5.41, 5.74) is 0.459. The van der Waals surface area contributed by atoms with Gasteiger partial charge in [-0.15, -0.1) is 5.10 Å². The second-order valence-electron chi connectivity index (χ2n) is 5.38. The number of hydrogen-bond acceptors (Lipinski definition) is 6. The minimum absolute atomic E-state index is 0.0362. The van der Waals surface area contributed by atoms with Crippen LogP contribution in [0.2, 0.25) is 0 Å². The molecule has 110 valence electrons. The first kappa shape index (κ1) is 13.8. The zero-order valence-corrected chi connectivity index (χ0v) is 11.6. The zero-order chi connectivity index (χ0) is 14.7. The SMILES string of the molecule is N#Cc1cnnc(N[C@H]2CCC(=O)N[C@@H]2C2CCCO2)c1. The van der Waals surface area contributed by atoms with Crippen LogP contribution in [0.1, 0.15) is 31.2 Å². The molecule has 3 rings (SSSR count). The fraction of sp³-hybridized carbons (Fsp3) is 0.571. The van der Waals surface area contributed by atoms with E-state index in [1.54, 1.807) is 6.07 Å². The molecule has 7 nitrogen and oxygen atoms in total. The lowest BCUT2D eigenvalue weighted by atomic mass is 9.92. The van der Waals surface area contributed by atoms with Crippen LogP contribution in [-0.4, -0.2) is 40.9 Å². The molecule has 21 heavy (non-hydrogen) atoms. The van der Waals surface area contributed by atoms with E-state index >= 15 is 0 Å². The number of amides is 1. The third-order valence-corrected chi connectivity index (χ3v) is 3.93. The van der Waals surface area contributed by atoms with Crippen molar-refractivity contribution in [3.05, 3.63) is 17.8 Å². The third-order valence-electron chi connectivity index (χ3n) is 3.93. The van der Waals surface area contributed by atoms with Crippen molar-refractivity contribution in [2.75, 3.05) is 11.9 Å². The predicted molar refractivity (Wildman–Crippen MR) is 74.3 cm³/mol. The van der Waals surface area contributed by atoms with Crippen molar-refractivity contribution < 1.29 is 9.53 Å². The molecule has 0 saturated carbocycles. The lowest BCUT2D eigenvalue weighted by Gasteiger charge is -2.36. The number of anilines is 1. The number of hydrogen-bond donors (Lipinski definition) is 2. The summed E-state index contributed by atoms with van der Waals surface area (Å²) in [6.07, 6.45) is 4.63. The van der Waals surface area contributed by atoms with Gasteiger partial charge in [-0.25, -0.2) is 0 Å². The minimum atomic E-state index is -0.0682. The summed E-state index contributed by atoms with van der Waals surface area (Å²) in [5.74, 6) is 0.614. The highest BCUT2D eigenvalue weighted by Gasteiger charge is 2.37. The van der Waals surface area contributed by atoms with Crippen LogP contribution in [-0.2, 0) is 9.53 Å². The Balaban J connectivity index is 1.74. The van der Waals surface area contributed by atoms with Crippen molar-refractivity contribution in [2.45, 2.75) is 43.9 Å². The molecule has 0 radical (unpaired) electrons. The van der Waals surface area contributed by atoms with Gasteiger partial charge in [0.25, 0.3) is 0 Å². The standard InChI is InChI=1S/C14H17N5O2/c15-7-9-6-12(19-16-8-9)17-10-3-4-13(20)18-14(10)11-2-1-5-21-11/h6,8,10-11,14H,1-5H2,(H,17,19)(H,18,20)/t10-,11?,14-/m0/s1. The average Bonchev–Trinajstić information content (AvgIpc) is 3.03. The molecule has 0 aliphatic carbocycles. The van der Waals surface area contributed by atoms with Gasteiger partial charge in [0.2, 0.25) is 5.91 Å².